The quantitative estimate of drug-likeness (QED) is 0.918. The molecule has 1 aromatic rings. The molecule has 0 radical (unpaired) electrons. The van der Waals surface area contributed by atoms with Gasteiger partial charge in [0, 0.05) is 7.05 Å². The Morgan fingerprint density at radius 3 is 2.79 bits per heavy atom. The van der Waals surface area contributed by atoms with Crippen LogP contribution in [0.4, 0.5) is 0 Å². The normalized spacial score (nSPS) is 19.4. The number of aryl methyl sites for hydroxylation is 1. The number of carboxylic acid groups (broad SMARTS) is 1. The largest absolute Gasteiger partial charge is 0.480 e. The molecule has 2 unspecified atom stereocenters. The number of hydrogen-bond donors (Lipinski definition) is 1. The topological polar surface area (TPSA) is 57.6 Å². The Labute approximate surface area is 116 Å². The number of amides is 1. The smallest absolute Gasteiger partial charge is 0.326 e. The lowest BCUT2D eigenvalue weighted by atomic mass is 10.0. The van der Waals surface area contributed by atoms with Gasteiger partial charge in [-0.3, -0.25) is 4.79 Å². The molecule has 0 spiro atoms. The van der Waals surface area contributed by atoms with Gasteiger partial charge in [-0.05, 0) is 30.2 Å². The fraction of sp³-hybridized carbons (Fsp3) is 0.429. The number of benzene rings is 1. The predicted molar refractivity (Wildman–Crippen MR) is 75.2 cm³/mol. The van der Waals surface area contributed by atoms with Crippen molar-refractivity contribution >= 4 is 23.6 Å². The second kappa shape index (κ2) is 5.65. The summed E-state index contributed by atoms with van der Waals surface area (Å²) in [4.78, 5) is 24.7. The number of aliphatic carboxylic acids is 1. The van der Waals surface area contributed by atoms with Gasteiger partial charge in [-0.1, -0.05) is 24.3 Å². The SMILES string of the molecule is CC(C(=O)O)N(C)C(=O)C1SCCc2ccccc21. The number of thioether (sulfide) groups is 1. The van der Waals surface area contributed by atoms with Crippen LogP contribution < -0.4 is 0 Å². The summed E-state index contributed by atoms with van der Waals surface area (Å²) in [5.74, 6) is -0.222. The molecule has 0 bridgehead atoms. The average molecular weight is 279 g/mol. The summed E-state index contributed by atoms with van der Waals surface area (Å²) in [6, 6.07) is 7.09. The van der Waals surface area contributed by atoms with Crippen molar-refractivity contribution in [3.8, 4) is 0 Å². The number of fused-ring (bicyclic) bond motifs is 1. The molecular formula is C14H17NO3S. The second-order valence-electron chi connectivity index (χ2n) is 4.66. The third-order valence-electron chi connectivity index (χ3n) is 3.50. The van der Waals surface area contributed by atoms with E-state index in [4.69, 9.17) is 5.11 Å². The molecule has 19 heavy (non-hydrogen) atoms. The van der Waals surface area contributed by atoms with E-state index in [0.717, 1.165) is 17.7 Å². The first kappa shape index (κ1) is 13.9. The highest BCUT2D eigenvalue weighted by atomic mass is 32.2. The van der Waals surface area contributed by atoms with Gasteiger partial charge >= 0.3 is 5.97 Å². The van der Waals surface area contributed by atoms with Gasteiger partial charge in [-0.15, -0.1) is 11.8 Å². The van der Waals surface area contributed by atoms with Gasteiger partial charge in [-0.25, -0.2) is 4.79 Å². The molecule has 1 heterocycles. The number of likely N-dealkylation sites (N-methyl/N-ethyl adjacent to an activating group) is 1. The maximum atomic E-state index is 12.4. The molecule has 1 aliphatic rings. The molecule has 1 aliphatic heterocycles. The van der Waals surface area contributed by atoms with E-state index in [1.165, 1.54) is 17.4 Å². The molecule has 2 atom stereocenters. The average Bonchev–Trinajstić information content (AvgIpc) is 2.44. The van der Waals surface area contributed by atoms with Crippen molar-refractivity contribution in [1.82, 2.24) is 4.90 Å². The molecule has 0 aliphatic carbocycles. The van der Waals surface area contributed by atoms with Crippen LogP contribution in [0.15, 0.2) is 24.3 Å². The minimum atomic E-state index is -0.982. The Kier molecular flexibility index (Phi) is 4.14. The van der Waals surface area contributed by atoms with E-state index in [-0.39, 0.29) is 11.2 Å². The van der Waals surface area contributed by atoms with Crippen LogP contribution >= 0.6 is 11.8 Å². The Balaban J connectivity index is 2.24. The van der Waals surface area contributed by atoms with Crippen molar-refractivity contribution < 1.29 is 14.7 Å². The standard InChI is InChI=1S/C14H17NO3S/c1-9(14(17)18)15(2)13(16)12-11-6-4-3-5-10(11)7-8-19-12/h3-6,9,12H,7-8H2,1-2H3,(H,17,18). The Bertz CT molecular complexity index is 503. The summed E-state index contributed by atoms with van der Waals surface area (Å²) < 4.78 is 0. The molecular weight excluding hydrogens is 262 g/mol. The second-order valence-corrected chi connectivity index (χ2v) is 5.88. The van der Waals surface area contributed by atoms with Gasteiger partial charge in [0.05, 0.1) is 0 Å². The van der Waals surface area contributed by atoms with E-state index in [1.807, 2.05) is 24.3 Å². The van der Waals surface area contributed by atoms with Gasteiger partial charge < -0.3 is 10.0 Å². The molecule has 0 saturated heterocycles. The molecule has 0 aromatic heterocycles. The van der Waals surface area contributed by atoms with Crippen molar-refractivity contribution in [3.05, 3.63) is 35.4 Å². The van der Waals surface area contributed by atoms with Gasteiger partial charge in [0.15, 0.2) is 0 Å². The maximum Gasteiger partial charge on any atom is 0.326 e. The third-order valence-corrected chi connectivity index (χ3v) is 4.73. The van der Waals surface area contributed by atoms with Crippen molar-refractivity contribution in [2.24, 2.45) is 0 Å². The fourth-order valence-electron chi connectivity index (χ4n) is 2.14. The Morgan fingerprint density at radius 1 is 1.42 bits per heavy atom. The van der Waals surface area contributed by atoms with Crippen LogP contribution in [-0.2, 0) is 16.0 Å². The minimum absolute atomic E-state index is 0.132. The van der Waals surface area contributed by atoms with E-state index in [1.54, 1.807) is 18.8 Å². The molecule has 0 saturated carbocycles. The highest BCUT2D eigenvalue weighted by Gasteiger charge is 2.32. The molecule has 1 aromatic carbocycles. The van der Waals surface area contributed by atoms with Gasteiger partial charge in [0.25, 0.3) is 0 Å². The van der Waals surface area contributed by atoms with E-state index in [2.05, 4.69) is 0 Å². The van der Waals surface area contributed by atoms with Gasteiger partial charge in [0.1, 0.15) is 11.3 Å². The van der Waals surface area contributed by atoms with Crippen molar-refractivity contribution in [3.63, 3.8) is 0 Å². The highest BCUT2D eigenvalue weighted by molar-refractivity contribution is 8.00. The van der Waals surface area contributed by atoms with Crippen LogP contribution in [-0.4, -0.2) is 40.7 Å². The number of hydrogen-bond acceptors (Lipinski definition) is 3. The first-order valence-electron chi connectivity index (χ1n) is 6.21. The van der Waals surface area contributed by atoms with E-state index >= 15 is 0 Å². The zero-order chi connectivity index (χ0) is 14.0. The molecule has 1 amide bonds. The van der Waals surface area contributed by atoms with Crippen LogP contribution in [0.1, 0.15) is 23.3 Å². The zero-order valence-corrected chi connectivity index (χ0v) is 11.8. The number of rotatable bonds is 3. The first-order valence-corrected chi connectivity index (χ1v) is 7.26. The fourth-order valence-corrected chi connectivity index (χ4v) is 3.43. The number of nitrogens with zero attached hydrogens (tertiary/aromatic N) is 1. The summed E-state index contributed by atoms with van der Waals surface area (Å²) in [5, 5.41) is 8.71. The van der Waals surface area contributed by atoms with E-state index in [9.17, 15) is 9.59 Å². The minimum Gasteiger partial charge on any atom is -0.480 e. The van der Waals surface area contributed by atoms with Crippen LogP contribution in [0.3, 0.4) is 0 Å². The van der Waals surface area contributed by atoms with Crippen molar-refractivity contribution in [2.45, 2.75) is 24.6 Å². The van der Waals surface area contributed by atoms with Gasteiger partial charge in [0.2, 0.25) is 5.91 Å². The molecule has 4 nitrogen and oxygen atoms in total. The summed E-state index contributed by atoms with van der Waals surface area (Å²) in [6.07, 6.45) is 0.961. The lowest BCUT2D eigenvalue weighted by molar-refractivity contribution is -0.148. The summed E-state index contributed by atoms with van der Waals surface area (Å²) in [7, 11) is 1.55. The summed E-state index contributed by atoms with van der Waals surface area (Å²) in [5.41, 5.74) is 2.21. The molecule has 0 fully saturated rings. The molecule has 102 valence electrons. The Morgan fingerprint density at radius 2 is 2.11 bits per heavy atom. The summed E-state index contributed by atoms with van der Waals surface area (Å²) >= 11 is 1.59. The first-order chi connectivity index (χ1) is 9.02. The summed E-state index contributed by atoms with van der Waals surface area (Å²) in [6.45, 7) is 1.53. The van der Waals surface area contributed by atoms with Crippen LogP contribution in [0.25, 0.3) is 0 Å². The lowest BCUT2D eigenvalue weighted by Gasteiger charge is -2.30. The predicted octanol–water partition coefficient (Wildman–Crippen LogP) is 1.95. The van der Waals surface area contributed by atoms with E-state index in [0.29, 0.717) is 0 Å². The highest BCUT2D eigenvalue weighted by Crippen LogP contribution is 2.37. The number of carboxylic acids is 1. The maximum absolute atomic E-state index is 12.4. The van der Waals surface area contributed by atoms with E-state index < -0.39 is 12.0 Å². The molecule has 2 rings (SSSR count). The van der Waals surface area contributed by atoms with Crippen LogP contribution in [0, 0.1) is 0 Å². The molecule has 1 N–H and O–H groups in total. The third kappa shape index (κ3) is 2.76. The van der Waals surface area contributed by atoms with Crippen LogP contribution in [0.5, 0.6) is 0 Å². The number of carbonyl (C=O) groups excluding carboxylic acids is 1. The van der Waals surface area contributed by atoms with Gasteiger partial charge in [-0.2, -0.15) is 0 Å². The molecule has 5 heteroatoms. The van der Waals surface area contributed by atoms with Crippen molar-refractivity contribution in [2.75, 3.05) is 12.8 Å². The van der Waals surface area contributed by atoms with Crippen molar-refractivity contribution in [1.29, 1.82) is 0 Å². The Hall–Kier alpha value is -1.49. The lowest BCUT2D eigenvalue weighted by Crippen LogP contribution is -2.42. The zero-order valence-electron chi connectivity index (χ0n) is 11.0. The monoisotopic (exact) mass is 279 g/mol. The van der Waals surface area contributed by atoms with Crippen LogP contribution in [0.2, 0.25) is 0 Å². The number of carbonyl (C=O) groups is 2.